The van der Waals surface area contributed by atoms with Gasteiger partial charge in [-0.1, -0.05) is 19.1 Å². The van der Waals surface area contributed by atoms with Crippen LogP contribution in [0.15, 0.2) is 29.3 Å². The van der Waals surface area contributed by atoms with Crippen molar-refractivity contribution in [3.63, 3.8) is 0 Å². The molecule has 0 radical (unpaired) electrons. The van der Waals surface area contributed by atoms with Gasteiger partial charge in [0.2, 0.25) is 5.91 Å². The fourth-order valence-electron chi connectivity index (χ4n) is 3.35. The minimum atomic E-state index is 0. The SMILES string of the molecule is CCCC(=O)Nc1cccc(CN=C(NCC)N(C)CCC2CCOCC2)c1.I. The van der Waals surface area contributed by atoms with Gasteiger partial charge < -0.3 is 20.3 Å². The van der Waals surface area contributed by atoms with E-state index in [1.807, 2.05) is 31.2 Å². The molecule has 1 aromatic rings. The van der Waals surface area contributed by atoms with E-state index in [0.29, 0.717) is 13.0 Å². The summed E-state index contributed by atoms with van der Waals surface area (Å²) in [5.41, 5.74) is 1.92. The zero-order valence-corrected chi connectivity index (χ0v) is 20.4. The van der Waals surface area contributed by atoms with Crippen molar-refractivity contribution >= 4 is 41.5 Å². The van der Waals surface area contributed by atoms with E-state index in [1.165, 1.54) is 6.42 Å². The number of carbonyl (C=O) groups is 1. The van der Waals surface area contributed by atoms with Gasteiger partial charge in [0, 0.05) is 45.5 Å². The molecule has 0 aromatic heterocycles. The van der Waals surface area contributed by atoms with Crippen molar-refractivity contribution in [2.24, 2.45) is 10.9 Å². The number of anilines is 1. The molecule has 1 fully saturated rings. The van der Waals surface area contributed by atoms with Gasteiger partial charge in [-0.3, -0.25) is 4.79 Å². The van der Waals surface area contributed by atoms with Crippen molar-refractivity contribution in [3.05, 3.63) is 29.8 Å². The van der Waals surface area contributed by atoms with E-state index >= 15 is 0 Å². The van der Waals surface area contributed by atoms with Crippen LogP contribution in [0.3, 0.4) is 0 Å². The van der Waals surface area contributed by atoms with Crippen LogP contribution in [0.5, 0.6) is 0 Å². The number of rotatable bonds is 9. The summed E-state index contributed by atoms with van der Waals surface area (Å²) in [7, 11) is 2.10. The molecule has 1 aliphatic rings. The average molecular weight is 516 g/mol. The highest BCUT2D eigenvalue weighted by molar-refractivity contribution is 14.0. The normalized spacial score (nSPS) is 14.8. The number of amides is 1. The van der Waals surface area contributed by atoms with Gasteiger partial charge in [-0.15, -0.1) is 24.0 Å². The number of ether oxygens (including phenoxy) is 1. The molecular weight excluding hydrogens is 479 g/mol. The van der Waals surface area contributed by atoms with Crippen LogP contribution in [0.4, 0.5) is 5.69 Å². The third-order valence-electron chi connectivity index (χ3n) is 5.01. The van der Waals surface area contributed by atoms with Crippen LogP contribution >= 0.6 is 24.0 Å². The zero-order valence-electron chi connectivity index (χ0n) is 18.1. The van der Waals surface area contributed by atoms with Crippen LogP contribution < -0.4 is 10.6 Å². The van der Waals surface area contributed by atoms with E-state index in [4.69, 9.17) is 9.73 Å². The number of hydrogen-bond acceptors (Lipinski definition) is 3. The second kappa shape index (κ2) is 14.6. The van der Waals surface area contributed by atoms with Gasteiger partial charge in [0.05, 0.1) is 6.54 Å². The van der Waals surface area contributed by atoms with Crippen molar-refractivity contribution < 1.29 is 9.53 Å². The Hall–Kier alpha value is -1.35. The standard InChI is InChI=1S/C22H36N4O2.HI/c1-4-7-21(27)25-20-9-6-8-19(16-20)17-24-22(23-5-2)26(3)13-10-18-11-14-28-15-12-18;/h6,8-9,16,18H,4-5,7,10-15,17H2,1-3H3,(H,23,24)(H,25,27);1H. The summed E-state index contributed by atoms with van der Waals surface area (Å²) >= 11 is 0. The summed E-state index contributed by atoms with van der Waals surface area (Å²) in [6.07, 6.45) is 4.90. The van der Waals surface area contributed by atoms with Crippen LogP contribution in [0.25, 0.3) is 0 Å². The maximum absolute atomic E-state index is 11.8. The molecule has 0 aliphatic carbocycles. The van der Waals surface area contributed by atoms with Crippen molar-refractivity contribution in [2.75, 3.05) is 38.7 Å². The van der Waals surface area contributed by atoms with Gasteiger partial charge in [-0.05, 0) is 56.2 Å². The number of halogens is 1. The molecule has 7 heteroatoms. The highest BCUT2D eigenvalue weighted by Crippen LogP contribution is 2.18. The molecule has 0 atom stereocenters. The lowest BCUT2D eigenvalue weighted by Crippen LogP contribution is -2.40. The van der Waals surface area contributed by atoms with Gasteiger partial charge in [-0.2, -0.15) is 0 Å². The molecule has 0 spiro atoms. The summed E-state index contributed by atoms with van der Waals surface area (Å²) in [5, 5.41) is 6.34. The Kier molecular flexibility index (Phi) is 12.9. The number of nitrogens with zero attached hydrogens (tertiary/aromatic N) is 2. The smallest absolute Gasteiger partial charge is 0.224 e. The number of guanidine groups is 1. The van der Waals surface area contributed by atoms with Crippen molar-refractivity contribution in [3.8, 4) is 0 Å². The Bertz CT molecular complexity index is 633. The fraction of sp³-hybridized carbons (Fsp3) is 0.636. The van der Waals surface area contributed by atoms with Crippen LogP contribution in [0, 0.1) is 5.92 Å². The average Bonchev–Trinajstić information content (AvgIpc) is 2.70. The summed E-state index contributed by atoms with van der Waals surface area (Å²) in [6, 6.07) is 7.94. The first kappa shape index (κ1) is 25.7. The zero-order chi connectivity index (χ0) is 20.2. The van der Waals surface area contributed by atoms with E-state index < -0.39 is 0 Å². The van der Waals surface area contributed by atoms with Crippen LogP contribution in [0.1, 0.15) is 51.5 Å². The third kappa shape index (κ3) is 9.80. The Morgan fingerprint density at radius 3 is 2.72 bits per heavy atom. The summed E-state index contributed by atoms with van der Waals surface area (Å²) in [5.74, 6) is 1.74. The molecule has 164 valence electrons. The lowest BCUT2D eigenvalue weighted by atomic mass is 9.96. The van der Waals surface area contributed by atoms with E-state index in [0.717, 1.165) is 68.7 Å². The minimum Gasteiger partial charge on any atom is -0.381 e. The second-order valence-electron chi connectivity index (χ2n) is 7.43. The molecule has 2 N–H and O–H groups in total. The largest absolute Gasteiger partial charge is 0.381 e. The Balaban J connectivity index is 0.00000420. The maximum atomic E-state index is 11.8. The number of carbonyl (C=O) groups excluding carboxylic acids is 1. The quantitative estimate of drug-likeness (QED) is 0.293. The van der Waals surface area contributed by atoms with E-state index in [9.17, 15) is 4.79 Å². The Labute approximate surface area is 192 Å². The highest BCUT2D eigenvalue weighted by Gasteiger charge is 2.15. The Morgan fingerprint density at radius 1 is 1.28 bits per heavy atom. The number of nitrogens with one attached hydrogen (secondary N) is 2. The third-order valence-corrected chi connectivity index (χ3v) is 5.01. The lowest BCUT2D eigenvalue weighted by Gasteiger charge is -2.26. The van der Waals surface area contributed by atoms with E-state index in [2.05, 4.69) is 29.5 Å². The van der Waals surface area contributed by atoms with Crippen LogP contribution in [-0.4, -0.2) is 50.1 Å². The molecule has 0 saturated carbocycles. The number of aliphatic imine (C=N–C) groups is 1. The summed E-state index contributed by atoms with van der Waals surface area (Å²) in [6.45, 7) is 8.30. The monoisotopic (exact) mass is 516 g/mol. The molecule has 1 amide bonds. The minimum absolute atomic E-state index is 0. The van der Waals surface area contributed by atoms with Gasteiger partial charge in [0.1, 0.15) is 0 Å². The first-order valence-corrected chi connectivity index (χ1v) is 10.6. The second-order valence-corrected chi connectivity index (χ2v) is 7.43. The molecular formula is C22H37IN4O2. The van der Waals surface area contributed by atoms with Crippen molar-refractivity contribution in [1.82, 2.24) is 10.2 Å². The predicted octanol–water partition coefficient (Wildman–Crippen LogP) is 4.26. The molecule has 0 unspecified atom stereocenters. The van der Waals surface area contributed by atoms with Gasteiger partial charge in [-0.25, -0.2) is 4.99 Å². The van der Waals surface area contributed by atoms with Gasteiger partial charge >= 0.3 is 0 Å². The molecule has 1 aliphatic heterocycles. The highest BCUT2D eigenvalue weighted by atomic mass is 127. The number of hydrogen-bond donors (Lipinski definition) is 2. The first-order valence-electron chi connectivity index (χ1n) is 10.6. The van der Waals surface area contributed by atoms with Crippen molar-refractivity contribution in [1.29, 1.82) is 0 Å². The topological polar surface area (TPSA) is 66.0 Å². The van der Waals surface area contributed by atoms with E-state index in [-0.39, 0.29) is 29.9 Å². The maximum Gasteiger partial charge on any atom is 0.224 e. The molecule has 29 heavy (non-hydrogen) atoms. The molecule has 1 saturated heterocycles. The van der Waals surface area contributed by atoms with E-state index in [1.54, 1.807) is 0 Å². The van der Waals surface area contributed by atoms with Gasteiger partial charge in [0.25, 0.3) is 0 Å². The molecule has 1 aromatic carbocycles. The van der Waals surface area contributed by atoms with Crippen LogP contribution in [-0.2, 0) is 16.1 Å². The molecule has 2 rings (SSSR count). The fourth-order valence-corrected chi connectivity index (χ4v) is 3.35. The van der Waals surface area contributed by atoms with Gasteiger partial charge in [0.15, 0.2) is 5.96 Å². The Morgan fingerprint density at radius 2 is 2.03 bits per heavy atom. The first-order chi connectivity index (χ1) is 13.6. The predicted molar refractivity (Wildman–Crippen MR) is 131 cm³/mol. The number of benzene rings is 1. The van der Waals surface area contributed by atoms with Crippen molar-refractivity contribution in [2.45, 2.75) is 52.5 Å². The summed E-state index contributed by atoms with van der Waals surface area (Å²) < 4.78 is 5.45. The summed E-state index contributed by atoms with van der Waals surface area (Å²) in [4.78, 5) is 18.8. The van der Waals surface area contributed by atoms with Crippen LogP contribution in [0.2, 0.25) is 0 Å². The molecule has 1 heterocycles. The molecule has 0 bridgehead atoms. The lowest BCUT2D eigenvalue weighted by molar-refractivity contribution is -0.116. The molecule has 6 nitrogen and oxygen atoms in total.